The summed E-state index contributed by atoms with van der Waals surface area (Å²) >= 11 is -2.79. The third-order valence-corrected chi connectivity index (χ3v) is 5.68. The van der Waals surface area contributed by atoms with Crippen LogP contribution in [-0.4, -0.2) is 36.0 Å². The molecular formula is C22H17F2N4O3S-. The first-order chi connectivity index (χ1) is 15.4. The van der Waals surface area contributed by atoms with Crippen molar-refractivity contribution in [3.05, 3.63) is 77.9 Å². The standard InChI is InChI=1S/C22H18F2N4O3S/c1-2-8-28(32(30)31)18-6-5-17(23)19(20(18)24)21(29)16-12-27-22-15(16)9-14(11-26-22)13-4-3-7-25-10-13/h3-7,9-12H,2,8H2,1H3,(H,26,27)(H,30,31)/p-1. The van der Waals surface area contributed by atoms with Gasteiger partial charge in [0.05, 0.1) is 11.3 Å². The molecule has 7 nitrogen and oxygen atoms in total. The van der Waals surface area contributed by atoms with Gasteiger partial charge in [0.15, 0.2) is 5.82 Å². The average Bonchev–Trinajstić information content (AvgIpc) is 3.22. The number of pyridine rings is 2. The molecule has 1 N–H and O–H groups in total. The number of halogens is 2. The number of carbonyl (C=O) groups excluding carboxylic acids is 1. The number of nitrogens with one attached hydrogen (secondary N) is 1. The number of aromatic nitrogens is 3. The average molecular weight is 455 g/mol. The Labute approximate surface area is 184 Å². The van der Waals surface area contributed by atoms with Crippen molar-refractivity contribution in [1.29, 1.82) is 0 Å². The number of ketones is 1. The molecule has 0 aliphatic rings. The van der Waals surface area contributed by atoms with Crippen LogP contribution < -0.4 is 4.31 Å². The number of nitrogens with zero attached hydrogens (tertiary/aromatic N) is 3. The van der Waals surface area contributed by atoms with Crippen molar-refractivity contribution in [3.63, 3.8) is 0 Å². The van der Waals surface area contributed by atoms with Gasteiger partial charge in [-0.1, -0.05) is 13.0 Å². The minimum Gasteiger partial charge on any atom is -0.755 e. The summed E-state index contributed by atoms with van der Waals surface area (Å²) in [6.07, 6.45) is 6.58. The van der Waals surface area contributed by atoms with Crippen LogP contribution in [0, 0.1) is 11.6 Å². The molecular weight excluding hydrogens is 438 g/mol. The summed E-state index contributed by atoms with van der Waals surface area (Å²) in [6, 6.07) is 7.14. The number of fused-ring (bicyclic) bond motifs is 1. The van der Waals surface area contributed by atoms with Gasteiger partial charge in [-0.3, -0.25) is 18.3 Å². The molecule has 0 fully saturated rings. The fraction of sp³-hybridized carbons (Fsp3) is 0.136. The summed E-state index contributed by atoms with van der Waals surface area (Å²) in [5, 5.41) is 0.373. The Balaban J connectivity index is 1.83. The molecule has 0 aliphatic heterocycles. The fourth-order valence-corrected chi connectivity index (χ4v) is 4.07. The van der Waals surface area contributed by atoms with Gasteiger partial charge in [0.2, 0.25) is 5.78 Å². The topological polar surface area (TPSA) is 102 Å². The van der Waals surface area contributed by atoms with E-state index in [1.54, 1.807) is 37.6 Å². The summed E-state index contributed by atoms with van der Waals surface area (Å²) < 4.78 is 53.7. The summed E-state index contributed by atoms with van der Waals surface area (Å²) in [5.74, 6) is -3.25. The molecule has 0 aliphatic carbocycles. The van der Waals surface area contributed by atoms with E-state index in [-0.39, 0.29) is 17.8 Å². The normalized spacial score (nSPS) is 12.1. The van der Waals surface area contributed by atoms with Crippen molar-refractivity contribution >= 4 is 33.8 Å². The number of rotatable bonds is 7. The molecule has 0 amide bonds. The van der Waals surface area contributed by atoms with Crippen LogP contribution in [0.25, 0.3) is 22.2 Å². The highest BCUT2D eigenvalue weighted by Crippen LogP contribution is 2.30. The van der Waals surface area contributed by atoms with E-state index in [1.807, 2.05) is 6.07 Å². The van der Waals surface area contributed by atoms with Crippen LogP contribution in [0.1, 0.15) is 29.3 Å². The molecule has 4 rings (SSSR count). The summed E-state index contributed by atoms with van der Waals surface area (Å²) in [5.41, 5.74) is 0.587. The zero-order chi connectivity index (χ0) is 22.8. The van der Waals surface area contributed by atoms with Gasteiger partial charge in [0, 0.05) is 64.7 Å². The number of hydrogen-bond acceptors (Lipinski definition) is 5. The lowest BCUT2D eigenvalue weighted by Crippen LogP contribution is -2.28. The first-order valence-corrected chi connectivity index (χ1v) is 10.7. The Morgan fingerprint density at radius 2 is 2.03 bits per heavy atom. The number of hydrogen-bond donors (Lipinski definition) is 1. The van der Waals surface area contributed by atoms with E-state index in [4.69, 9.17) is 0 Å². The maximum absolute atomic E-state index is 15.2. The third-order valence-electron chi connectivity index (χ3n) is 4.94. The van der Waals surface area contributed by atoms with Crippen LogP contribution in [0.2, 0.25) is 0 Å². The Hall–Kier alpha value is -3.50. The quantitative estimate of drug-likeness (QED) is 0.333. The monoisotopic (exact) mass is 455 g/mol. The zero-order valence-corrected chi connectivity index (χ0v) is 17.7. The smallest absolute Gasteiger partial charge is 0.201 e. The van der Waals surface area contributed by atoms with Crippen LogP contribution in [0.15, 0.2) is 55.1 Å². The molecule has 1 unspecified atom stereocenters. The Bertz CT molecular complexity index is 1330. The summed E-state index contributed by atoms with van der Waals surface area (Å²) in [7, 11) is 0. The second-order valence-electron chi connectivity index (χ2n) is 6.97. The van der Waals surface area contributed by atoms with Gasteiger partial charge < -0.3 is 9.54 Å². The van der Waals surface area contributed by atoms with Crippen LogP contribution >= 0.6 is 0 Å². The van der Waals surface area contributed by atoms with Crippen molar-refractivity contribution in [1.82, 2.24) is 15.0 Å². The van der Waals surface area contributed by atoms with Crippen molar-refractivity contribution in [3.8, 4) is 11.1 Å². The van der Waals surface area contributed by atoms with Crippen molar-refractivity contribution in [2.24, 2.45) is 0 Å². The molecule has 0 spiro atoms. The lowest BCUT2D eigenvalue weighted by Gasteiger charge is -2.26. The maximum atomic E-state index is 15.2. The lowest BCUT2D eigenvalue weighted by molar-refractivity contribution is 0.103. The predicted octanol–water partition coefficient (Wildman–Crippen LogP) is 4.14. The highest BCUT2D eigenvalue weighted by Gasteiger charge is 2.26. The molecule has 0 bridgehead atoms. The molecule has 4 aromatic rings. The van der Waals surface area contributed by atoms with E-state index in [2.05, 4.69) is 15.0 Å². The van der Waals surface area contributed by atoms with Crippen molar-refractivity contribution < 1.29 is 22.3 Å². The molecule has 1 atom stereocenters. The van der Waals surface area contributed by atoms with Gasteiger partial charge in [0.25, 0.3) is 0 Å². The van der Waals surface area contributed by atoms with Gasteiger partial charge in [-0.25, -0.2) is 13.8 Å². The molecule has 1 aromatic carbocycles. The van der Waals surface area contributed by atoms with Gasteiger partial charge >= 0.3 is 0 Å². The van der Waals surface area contributed by atoms with Crippen molar-refractivity contribution in [2.75, 3.05) is 10.8 Å². The van der Waals surface area contributed by atoms with Gasteiger partial charge in [0.1, 0.15) is 11.5 Å². The number of benzene rings is 1. The third kappa shape index (κ3) is 3.90. The first-order valence-electron chi connectivity index (χ1n) is 9.69. The first kappa shape index (κ1) is 21.7. The second-order valence-corrected chi connectivity index (χ2v) is 7.84. The molecule has 0 saturated heterocycles. The Morgan fingerprint density at radius 3 is 2.72 bits per heavy atom. The number of aromatic amines is 1. The van der Waals surface area contributed by atoms with Crippen LogP contribution in [0.4, 0.5) is 14.5 Å². The summed E-state index contributed by atoms with van der Waals surface area (Å²) in [6.45, 7) is 1.70. The van der Waals surface area contributed by atoms with Crippen LogP contribution in [0.5, 0.6) is 0 Å². The lowest BCUT2D eigenvalue weighted by atomic mass is 10.00. The molecule has 10 heteroatoms. The minimum atomic E-state index is -2.79. The Morgan fingerprint density at radius 1 is 1.22 bits per heavy atom. The van der Waals surface area contributed by atoms with E-state index < -0.39 is 34.2 Å². The van der Waals surface area contributed by atoms with E-state index >= 15 is 4.39 Å². The molecule has 32 heavy (non-hydrogen) atoms. The molecule has 0 radical (unpaired) electrons. The summed E-state index contributed by atoms with van der Waals surface area (Å²) in [4.78, 5) is 24.4. The molecule has 3 aromatic heterocycles. The molecule has 0 saturated carbocycles. The van der Waals surface area contributed by atoms with E-state index in [0.717, 1.165) is 22.0 Å². The van der Waals surface area contributed by atoms with E-state index in [9.17, 15) is 17.9 Å². The SMILES string of the molecule is CCCN(c1ccc(F)c(C(=O)c2c[nH]c3ncc(-c4cccnc4)cc23)c1F)S(=O)[O-]. The van der Waals surface area contributed by atoms with E-state index in [0.29, 0.717) is 23.0 Å². The van der Waals surface area contributed by atoms with E-state index in [1.165, 1.54) is 6.20 Å². The van der Waals surface area contributed by atoms with Crippen LogP contribution in [-0.2, 0) is 11.3 Å². The molecule has 3 heterocycles. The minimum absolute atomic E-state index is 0.0125. The van der Waals surface area contributed by atoms with Gasteiger partial charge in [-0.15, -0.1) is 0 Å². The van der Waals surface area contributed by atoms with Gasteiger partial charge in [-0.05, 0) is 30.7 Å². The fourth-order valence-electron chi connectivity index (χ4n) is 3.44. The highest BCUT2D eigenvalue weighted by molar-refractivity contribution is 7.80. The second kappa shape index (κ2) is 8.93. The number of anilines is 1. The Kier molecular flexibility index (Phi) is 6.06. The largest absolute Gasteiger partial charge is 0.755 e. The van der Waals surface area contributed by atoms with Gasteiger partial charge in [-0.2, -0.15) is 0 Å². The number of carbonyl (C=O) groups is 1. The molecule has 164 valence electrons. The maximum Gasteiger partial charge on any atom is 0.201 e. The zero-order valence-electron chi connectivity index (χ0n) is 16.8. The predicted molar refractivity (Wildman–Crippen MR) is 116 cm³/mol. The number of H-pyrrole nitrogens is 1. The van der Waals surface area contributed by atoms with Crippen molar-refractivity contribution in [2.45, 2.75) is 13.3 Å². The van der Waals surface area contributed by atoms with Crippen LogP contribution in [0.3, 0.4) is 0 Å². The highest BCUT2D eigenvalue weighted by atomic mass is 32.2.